The summed E-state index contributed by atoms with van der Waals surface area (Å²) < 4.78 is 13.1. The first-order valence-corrected chi connectivity index (χ1v) is 8.16. The van der Waals surface area contributed by atoms with Crippen LogP contribution in [0.4, 0.5) is 4.39 Å². The minimum absolute atomic E-state index is 0. The molecule has 1 aromatic rings. The quantitative estimate of drug-likeness (QED) is 0.915. The molecule has 2 fully saturated rings. The summed E-state index contributed by atoms with van der Waals surface area (Å²) in [7, 11) is 0. The van der Waals surface area contributed by atoms with Crippen molar-refractivity contribution in [2.24, 2.45) is 17.6 Å². The Kier molecular flexibility index (Phi) is 5.37. The number of amides is 1. The molecule has 0 spiro atoms. The lowest BCUT2D eigenvalue weighted by atomic mass is 9.81. The number of benzene rings is 1. The van der Waals surface area contributed by atoms with E-state index in [4.69, 9.17) is 5.73 Å². The molecule has 2 N–H and O–H groups in total. The first-order chi connectivity index (χ1) is 10.4. The molecular formula is C18H26ClFN2O. The Labute approximate surface area is 143 Å². The highest BCUT2D eigenvalue weighted by atomic mass is 35.5. The normalized spacial score (nSPS) is 24.4. The van der Waals surface area contributed by atoms with Crippen LogP contribution >= 0.6 is 12.4 Å². The van der Waals surface area contributed by atoms with Crippen molar-refractivity contribution >= 4 is 18.3 Å². The fraction of sp³-hybridized carbons (Fsp3) is 0.611. The van der Waals surface area contributed by atoms with Crippen LogP contribution in [0.2, 0.25) is 0 Å². The van der Waals surface area contributed by atoms with Gasteiger partial charge in [0.05, 0.1) is 0 Å². The van der Waals surface area contributed by atoms with Crippen molar-refractivity contribution in [2.75, 3.05) is 13.1 Å². The van der Waals surface area contributed by atoms with Crippen molar-refractivity contribution in [3.8, 4) is 0 Å². The predicted molar refractivity (Wildman–Crippen MR) is 92.1 cm³/mol. The summed E-state index contributed by atoms with van der Waals surface area (Å²) in [6, 6.07) is 6.58. The van der Waals surface area contributed by atoms with Crippen LogP contribution in [0.25, 0.3) is 0 Å². The molecule has 1 saturated heterocycles. The van der Waals surface area contributed by atoms with Crippen LogP contribution in [0, 0.1) is 17.7 Å². The zero-order valence-electron chi connectivity index (χ0n) is 13.8. The Bertz CT molecular complexity index is 557. The molecule has 23 heavy (non-hydrogen) atoms. The lowest BCUT2D eigenvalue weighted by molar-refractivity contribution is -0.131. The van der Waals surface area contributed by atoms with E-state index in [0.717, 1.165) is 18.0 Å². The van der Waals surface area contributed by atoms with E-state index >= 15 is 0 Å². The zero-order valence-corrected chi connectivity index (χ0v) is 14.6. The smallest absolute Gasteiger partial charge is 0.223 e. The van der Waals surface area contributed by atoms with Gasteiger partial charge in [-0.05, 0) is 47.8 Å². The van der Waals surface area contributed by atoms with E-state index in [0.29, 0.717) is 18.9 Å². The van der Waals surface area contributed by atoms with E-state index in [1.807, 2.05) is 18.7 Å². The highest BCUT2D eigenvalue weighted by Gasteiger charge is 2.42. The molecule has 5 heteroatoms. The zero-order chi connectivity index (χ0) is 15.9. The average Bonchev–Trinajstić information content (AvgIpc) is 3.21. The lowest BCUT2D eigenvalue weighted by Gasteiger charge is -2.27. The summed E-state index contributed by atoms with van der Waals surface area (Å²) in [5.41, 5.74) is 6.90. The topological polar surface area (TPSA) is 46.3 Å². The number of hydrogen-bond donors (Lipinski definition) is 1. The molecule has 1 aliphatic carbocycles. The second-order valence-corrected chi connectivity index (χ2v) is 7.53. The number of carbonyl (C=O) groups excluding carboxylic acids is 1. The molecule has 1 heterocycles. The molecule has 2 atom stereocenters. The van der Waals surface area contributed by atoms with Gasteiger partial charge in [0.25, 0.3) is 0 Å². The first kappa shape index (κ1) is 18.2. The van der Waals surface area contributed by atoms with E-state index in [1.54, 1.807) is 12.1 Å². The van der Waals surface area contributed by atoms with E-state index in [9.17, 15) is 9.18 Å². The van der Waals surface area contributed by atoms with Gasteiger partial charge in [-0.2, -0.15) is 0 Å². The number of likely N-dealkylation sites (tertiary alicyclic amines) is 1. The number of nitrogens with two attached hydrogens (primary N) is 1. The molecule has 0 aromatic heterocycles. The van der Waals surface area contributed by atoms with E-state index in [2.05, 4.69) is 0 Å². The molecule has 3 rings (SSSR count). The van der Waals surface area contributed by atoms with Gasteiger partial charge in [-0.1, -0.05) is 26.0 Å². The second kappa shape index (κ2) is 6.78. The second-order valence-electron chi connectivity index (χ2n) is 7.53. The van der Waals surface area contributed by atoms with Gasteiger partial charge in [0.1, 0.15) is 5.82 Å². The van der Waals surface area contributed by atoms with Crippen LogP contribution in [0.3, 0.4) is 0 Å². The Morgan fingerprint density at radius 1 is 1.26 bits per heavy atom. The number of carbonyl (C=O) groups is 1. The summed E-state index contributed by atoms with van der Waals surface area (Å²) in [5, 5.41) is 0. The Morgan fingerprint density at radius 3 is 2.43 bits per heavy atom. The van der Waals surface area contributed by atoms with Gasteiger partial charge in [-0.25, -0.2) is 4.39 Å². The summed E-state index contributed by atoms with van der Waals surface area (Å²) >= 11 is 0. The standard InChI is InChI=1S/C18H25FN2O.ClH/c1-18(2,13-5-7-14(19)8-6-13)9-17(22)21-10-15(12-3-4-12)16(20)11-21;/h5-8,12,15-16H,3-4,9-11,20H2,1-2H3;1H/t15-,16+;/m1./s1. The van der Waals surface area contributed by atoms with Crippen molar-refractivity contribution in [2.45, 2.75) is 44.6 Å². The van der Waals surface area contributed by atoms with Crippen LogP contribution in [0.15, 0.2) is 24.3 Å². The molecule has 1 amide bonds. The summed E-state index contributed by atoms with van der Waals surface area (Å²) in [5.74, 6) is 1.13. The lowest BCUT2D eigenvalue weighted by Crippen LogP contribution is -2.35. The highest BCUT2D eigenvalue weighted by molar-refractivity contribution is 5.85. The van der Waals surface area contributed by atoms with Gasteiger partial charge in [0.15, 0.2) is 0 Å². The van der Waals surface area contributed by atoms with Gasteiger partial charge in [-0.15, -0.1) is 12.4 Å². The Balaban J connectivity index is 0.00000192. The maximum Gasteiger partial charge on any atom is 0.223 e. The number of halogens is 2. The SMILES string of the molecule is CC(C)(CC(=O)N1C[C@H](C2CC2)[C@@H](N)C1)c1ccc(F)cc1.Cl. The maximum atomic E-state index is 13.1. The number of rotatable bonds is 4. The predicted octanol–water partition coefficient (Wildman–Crippen LogP) is 3.11. The third-order valence-electron chi connectivity index (χ3n) is 5.21. The monoisotopic (exact) mass is 340 g/mol. The van der Waals surface area contributed by atoms with Crippen LogP contribution in [-0.4, -0.2) is 29.9 Å². The van der Waals surface area contributed by atoms with Crippen molar-refractivity contribution in [3.05, 3.63) is 35.6 Å². The third-order valence-corrected chi connectivity index (χ3v) is 5.21. The molecule has 0 bridgehead atoms. The minimum Gasteiger partial charge on any atom is -0.341 e. The molecule has 128 valence electrons. The Hall–Kier alpha value is -1.13. The number of hydrogen-bond acceptors (Lipinski definition) is 2. The fourth-order valence-electron chi connectivity index (χ4n) is 3.57. The average molecular weight is 341 g/mol. The van der Waals surface area contributed by atoms with Crippen molar-refractivity contribution in [1.29, 1.82) is 0 Å². The van der Waals surface area contributed by atoms with E-state index < -0.39 is 0 Å². The number of nitrogens with zero attached hydrogens (tertiary/aromatic N) is 1. The minimum atomic E-state index is -0.299. The van der Waals surface area contributed by atoms with Crippen molar-refractivity contribution in [1.82, 2.24) is 4.90 Å². The summed E-state index contributed by atoms with van der Waals surface area (Å²) in [4.78, 5) is 14.6. The van der Waals surface area contributed by atoms with Crippen LogP contribution in [-0.2, 0) is 10.2 Å². The Morgan fingerprint density at radius 2 is 1.87 bits per heavy atom. The van der Waals surface area contributed by atoms with Gasteiger partial charge >= 0.3 is 0 Å². The largest absolute Gasteiger partial charge is 0.341 e. The van der Waals surface area contributed by atoms with Crippen LogP contribution < -0.4 is 5.73 Å². The summed E-state index contributed by atoms with van der Waals surface area (Å²) in [6.45, 7) is 5.56. The van der Waals surface area contributed by atoms with Crippen molar-refractivity contribution < 1.29 is 9.18 Å². The molecule has 0 radical (unpaired) electrons. The van der Waals surface area contributed by atoms with Crippen molar-refractivity contribution in [3.63, 3.8) is 0 Å². The van der Waals surface area contributed by atoms with Crippen LogP contribution in [0.1, 0.15) is 38.7 Å². The van der Waals surface area contributed by atoms with Crippen LogP contribution in [0.5, 0.6) is 0 Å². The molecule has 1 aliphatic heterocycles. The van der Waals surface area contributed by atoms with Gasteiger partial charge < -0.3 is 10.6 Å². The van der Waals surface area contributed by atoms with Gasteiger partial charge in [-0.3, -0.25) is 4.79 Å². The fourth-order valence-corrected chi connectivity index (χ4v) is 3.57. The first-order valence-electron chi connectivity index (χ1n) is 8.16. The molecule has 0 unspecified atom stereocenters. The molecular weight excluding hydrogens is 315 g/mol. The van der Waals surface area contributed by atoms with E-state index in [-0.39, 0.29) is 35.6 Å². The molecule has 1 aromatic carbocycles. The molecule has 1 saturated carbocycles. The third kappa shape index (κ3) is 4.04. The van der Waals surface area contributed by atoms with Gasteiger partial charge in [0, 0.05) is 25.6 Å². The maximum absolute atomic E-state index is 13.1. The highest BCUT2D eigenvalue weighted by Crippen LogP contribution is 2.41. The summed E-state index contributed by atoms with van der Waals surface area (Å²) in [6.07, 6.45) is 2.96. The molecule has 3 nitrogen and oxygen atoms in total. The molecule has 2 aliphatic rings. The van der Waals surface area contributed by atoms with E-state index in [1.165, 1.54) is 25.0 Å². The van der Waals surface area contributed by atoms with Gasteiger partial charge in [0.2, 0.25) is 5.91 Å².